The largest absolute Gasteiger partial charge is 0.481 e. The van der Waals surface area contributed by atoms with Crippen molar-refractivity contribution in [2.24, 2.45) is 5.92 Å². The molecule has 126 valence electrons. The number of carbonyl (C=O) groups is 3. The minimum absolute atomic E-state index is 0.0605. The second kappa shape index (κ2) is 7.91. The van der Waals surface area contributed by atoms with Crippen LogP contribution in [-0.4, -0.2) is 52.7 Å². The molecule has 1 fully saturated rings. The summed E-state index contributed by atoms with van der Waals surface area (Å²) < 4.78 is 4.84. The Morgan fingerprint density at radius 2 is 2.30 bits per heavy atom. The van der Waals surface area contributed by atoms with Crippen molar-refractivity contribution < 1.29 is 24.2 Å². The van der Waals surface area contributed by atoms with Crippen molar-refractivity contribution >= 4 is 34.4 Å². The van der Waals surface area contributed by atoms with Gasteiger partial charge in [0.25, 0.3) is 0 Å². The highest BCUT2D eigenvalue weighted by Crippen LogP contribution is 2.20. The lowest BCUT2D eigenvalue weighted by molar-refractivity contribution is -0.143. The van der Waals surface area contributed by atoms with Crippen LogP contribution in [0.25, 0.3) is 0 Å². The molecule has 0 saturated carbocycles. The molecule has 2 rings (SSSR count). The van der Waals surface area contributed by atoms with Gasteiger partial charge in [-0.05, 0) is 19.8 Å². The van der Waals surface area contributed by atoms with Gasteiger partial charge in [0.2, 0.25) is 0 Å². The molecule has 2 heterocycles. The Balaban J connectivity index is 1.89. The smallest absolute Gasteiger partial charge is 0.323 e. The highest BCUT2D eigenvalue weighted by Gasteiger charge is 2.28. The van der Waals surface area contributed by atoms with E-state index in [0.29, 0.717) is 36.8 Å². The number of likely N-dealkylation sites (tertiary alicyclic amines) is 1. The molecule has 1 aliphatic rings. The van der Waals surface area contributed by atoms with Crippen LogP contribution < -0.4 is 5.32 Å². The van der Waals surface area contributed by atoms with Crippen molar-refractivity contribution in [2.45, 2.75) is 26.2 Å². The SMILES string of the molecule is CCOC(=O)Cc1csc(NC(=O)N2CCCC(C(=O)O)C2)n1. The molecule has 2 amide bonds. The number of urea groups is 1. The number of carboxylic acids is 1. The molecule has 1 atom stereocenters. The summed E-state index contributed by atoms with van der Waals surface area (Å²) in [4.78, 5) is 40.2. The van der Waals surface area contributed by atoms with Crippen LogP contribution in [0.4, 0.5) is 9.93 Å². The molecule has 9 heteroatoms. The summed E-state index contributed by atoms with van der Waals surface area (Å²) in [6.07, 6.45) is 1.31. The number of esters is 1. The lowest BCUT2D eigenvalue weighted by Gasteiger charge is -2.30. The number of hydrogen-bond donors (Lipinski definition) is 2. The van der Waals surface area contributed by atoms with Crippen LogP contribution >= 0.6 is 11.3 Å². The van der Waals surface area contributed by atoms with Gasteiger partial charge >= 0.3 is 18.0 Å². The maximum absolute atomic E-state index is 12.2. The number of carbonyl (C=O) groups excluding carboxylic acids is 2. The summed E-state index contributed by atoms with van der Waals surface area (Å²) in [6.45, 7) is 2.76. The Kier molecular flexibility index (Phi) is 5.91. The molecule has 1 aliphatic heterocycles. The second-order valence-electron chi connectivity index (χ2n) is 5.18. The maximum Gasteiger partial charge on any atom is 0.323 e. The van der Waals surface area contributed by atoms with Crippen LogP contribution in [0.5, 0.6) is 0 Å². The molecule has 1 aromatic heterocycles. The Labute approximate surface area is 137 Å². The Morgan fingerprint density at radius 3 is 3.00 bits per heavy atom. The first kappa shape index (κ1) is 17.2. The molecular weight excluding hydrogens is 322 g/mol. The van der Waals surface area contributed by atoms with E-state index in [-0.39, 0.29) is 25.0 Å². The van der Waals surface area contributed by atoms with Crippen molar-refractivity contribution in [3.05, 3.63) is 11.1 Å². The quantitative estimate of drug-likeness (QED) is 0.787. The van der Waals surface area contributed by atoms with Gasteiger partial charge in [-0.3, -0.25) is 14.9 Å². The van der Waals surface area contributed by atoms with Crippen molar-refractivity contribution in [3.63, 3.8) is 0 Å². The average Bonchev–Trinajstić information content (AvgIpc) is 2.94. The van der Waals surface area contributed by atoms with Gasteiger partial charge in [0.05, 0.1) is 24.6 Å². The topological polar surface area (TPSA) is 109 Å². The molecule has 1 saturated heterocycles. The number of ether oxygens (including phenoxy) is 1. The lowest BCUT2D eigenvalue weighted by atomic mass is 9.99. The monoisotopic (exact) mass is 341 g/mol. The standard InChI is InChI=1S/C14H19N3O5S/c1-2-22-11(18)6-10-8-23-13(15-10)16-14(21)17-5-3-4-9(7-17)12(19)20/h8-9H,2-7H2,1H3,(H,19,20)(H,15,16,21). The summed E-state index contributed by atoms with van der Waals surface area (Å²) in [5.41, 5.74) is 0.533. The van der Waals surface area contributed by atoms with E-state index in [9.17, 15) is 14.4 Å². The molecule has 8 nitrogen and oxygen atoms in total. The van der Waals surface area contributed by atoms with E-state index in [1.807, 2.05) is 0 Å². The molecule has 1 unspecified atom stereocenters. The van der Waals surface area contributed by atoms with Gasteiger partial charge in [0.1, 0.15) is 0 Å². The number of rotatable bonds is 5. The zero-order valence-corrected chi connectivity index (χ0v) is 13.6. The molecule has 0 aliphatic carbocycles. The first-order chi connectivity index (χ1) is 11.0. The number of nitrogens with zero attached hydrogens (tertiary/aromatic N) is 2. The Hall–Kier alpha value is -2.16. The zero-order chi connectivity index (χ0) is 16.8. The van der Waals surface area contributed by atoms with Gasteiger partial charge in [-0.1, -0.05) is 0 Å². The molecule has 0 spiro atoms. The maximum atomic E-state index is 12.2. The van der Waals surface area contributed by atoms with Gasteiger partial charge in [-0.15, -0.1) is 11.3 Å². The van der Waals surface area contributed by atoms with Crippen LogP contribution in [0, 0.1) is 5.92 Å². The third-order valence-corrected chi connectivity index (χ3v) is 4.26. The Morgan fingerprint density at radius 1 is 1.52 bits per heavy atom. The van der Waals surface area contributed by atoms with Crippen molar-refractivity contribution in [3.8, 4) is 0 Å². The van der Waals surface area contributed by atoms with E-state index in [2.05, 4.69) is 10.3 Å². The highest BCUT2D eigenvalue weighted by molar-refractivity contribution is 7.13. The zero-order valence-electron chi connectivity index (χ0n) is 12.8. The number of aliphatic carboxylic acids is 1. The fourth-order valence-corrected chi connectivity index (χ4v) is 3.04. The fraction of sp³-hybridized carbons (Fsp3) is 0.571. The van der Waals surface area contributed by atoms with Crippen LogP contribution in [-0.2, 0) is 20.7 Å². The third kappa shape index (κ3) is 4.92. The molecule has 1 aromatic rings. The van der Waals surface area contributed by atoms with E-state index in [4.69, 9.17) is 9.84 Å². The first-order valence-corrected chi connectivity index (χ1v) is 8.26. The van der Waals surface area contributed by atoms with Crippen molar-refractivity contribution in [2.75, 3.05) is 25.0 Å². The summed E-state index contributed by atoms with van der Waals surface area (Å²) >= 11 is 1.22. The molecule has 23 heavy (non-hydrogen) atoms. The number of piperidine rings is 1. The summed E-state index contributed by atoms with van der Waals surface area (Å²) in [5, 5.41) is 13.8. The van der Waals surface area contributed by atoms with Gasteiger partial charge in [0, 0.05) is 18.5 Å². The summed E-state index contributed by atoms with van der Waals surface area (Å²) in [5.74, 6) is -1.77. The normalized spacial score (nSPS) is 17.6. The molecular formula is C14H19N3O5S. The van der Waals surface area contributed by atoms with Crippen LogP contribution in [0.2, 0.25) is 0 Å². The van der Waals surface area contributed by atoms with Gasteiger partial charge in [0.15, 0.2) is 5.13 Å². The van der Waals surface area contributed by atoms with E-state index < -0.39 is 11.9 Å². The van der Waals surface area contributed by atoms with E-state index >= 15 is 0 Å². The van der Waals surface area contributed by atoms with Gasteiger partial charge < -0.3 is 14.7 Å². The highest BCUT2D eigenvalue weighted by atomic mass is 32.1. The summed E-state index contributed by atoms with van der Waals surface area (Å²) in [7, 11) is 0. The number of aromatic nitrogens is 1. The van der Waals surface area contributed by atoms with Gasteiger partial charge in [-0.25, -0.2) is 9.78 Å². The van der Waals surface area contributed by atoms with Crippen LogP contribution in [0.1, 0.15) is 25.5 Å². The van der Waals surface area contributed by atoms with Crippen LogP contribution in [0.3, 0.4) is 0 Å². The van der Waals surface area contributed by atoms with Gasteiger partial charge in [-0.2, -0.15) is 0 Å². The Bertz CT molecular complexity index is 589. The van der Waals surface area contributed by atoms with Crippen molar-refractivity contribution in [1.82, 2.24) is 9.88 Å². The van der Waals surface area contributed by atoms with Crippen molar-refractivity contribution in [1.29, 1.82) is 0 Å². The molecule has 0 aromatic carbocycles. The fourth-order valence-electron chi connectivity index (χ4n) is 2.34. The predicted octanol–water partition coefficient (Wildman–Crippen LogP) is 1.58. The minimum atomic E-state index is -0.881. The number of carboxylic acid groups (broad SMARTS) is 1. The summed E-state index contributed by atoms with van der Waals surface area (Å²) in [6, 6.07) is -0.368. The van der Waals surface area contributed by atoms with E-state index in [1.54, 1.807) is 12.3 Å². The second-order valence-corrected chi connectivity index (χ2v) is 6.04. The first-order valence-electron chi connectivity index (χ1n) is 7.38. The predicted molar refractivity (Wildman–Crippen MR) is 83.4 cm³/mol. The molecule has 0 radical (unpaired) electrons. The number of hydrogen-bond acceptors (Lipinski definition) is 6. The molecule has 2 N–H and O–H groups in total. The number of amides is 2. The number of anilines is 1. The minimum Gasteiger partial charge on any atom is -0.481 e. The number of thiazole rings is 1. The average molecular weight is 341 g/mol. The van der Waals surface area contributed by atoms with E-state index in [1.165, 1.54) is 16.2 Å². The lowest BCUT2D eigenvalue weighted by Crippen LogP contribution is -2.44. The number of nitrogens with one attached hydrogen (secondary N) is 1. The third-order valence-electron chi connectivity index (χ3n) is 3.45. The molecule has 0 bridgehead atoms. The van der Waals surface area contributed by atoms with Crippen LogP contribution in [0.15, 0.2) is 5.38 Å². The van der Waals surface area contributed by atoms with E-state index in [0.717, 1.165) is 0 Å².